The zero-order valence-corrected chi connectivity index (χ0v) is 9.29. The van der Waals surface area contributed by atoms with Gasteiger partial charge in [0.15, 0.2) is 11.5 Å². The summed E-state index contributed by atoms with van der Waals surface area (Å²) in [4.78, 5) is 12.0. The van der Waals surface area contributed by atoms with Gasteiger partial charge in [0.25, 0.3) is 0 Å². The van der Waals surface area contributed by atoms with E-state index in [2.05, 4.69) is 5.10 Å². The van der Waals surface area contributed by atoms with E-state index in [4.69, 9.17) is 4.74 Å². The van der Waals surface area contributed by atoms with Crippen LogP contribution in [0.3, 0.4) is 0 Å². The molecule has 0 atom stereocenters. The van der Waals surface area contributed by atoms with Crippen molar-refractivity contribution in [3.05, 3.63) is 11.9 Å². The molecule has 0 N–H and O–H groups in total. The van der Waals surface area contributed by atoms with E-state index in [9.17, 15) is 4.79 Å². The number of aryl methyl sites for hydroxylation is 1. The van der Waals surface area contributed by atoms with Crippen molar-refractivity contribution in [1.29, 1.82) is 0 Å². The highest BCUT2D eigenvalue weighted by Gasteiger charge is 2.28. The van der Waals surface area contributed by atoms with Crippen LogP contribution < -0.4 is 4.74 Å². The van der Waals surface area contributed by atoms with Crippen LogP contribution in [-0.4, -0.2) is 22.7 Å². The molecule has 0 radical (unpaired) electrons. The molecule has 0 fully saturated rings. The van der Waals surface area contributed by atoms with Crippen LogP contribution in [0.15, 0.2) is 6.20 Å². The number of nitrogens with zero attached hydrogens (tertiary/aromatic N) is 2. The number of ether oxygens (including phenoxy) is 1. The molecular formula is C10H16N2O2. The van der Waals surface area contributed by atoms with Gasteiger partial charge in [-0.25, -0.2) is 0 Å². The molecule has 0 aromatic carbocycles. The largest absolute Gasteiger partial charge is 0.493 e. The lowest BCUT2D eigenvalue weighted by atomic mass is 9.89. The number of methoxy groups -OCH3 is 1. The molecule has 1 rings (SSSR count). The molecule has 0 aliphatic carbocycles. The zero-order valence-electron chi connectivity index (χ0n) is 9.29. The zero-order chi connectivity index (χ0) is 10.9. The first-order valence-electron chi connectivity index (χ1n) is 4.48. The summed E-state index contributed by atoms with van der Waals surface area (Å²) in [6, 6.07) is 0. The third-order valence-electron chi connectivity index (χ3n) is 2.02. The maximum Gasteiger partial charge on any atom is 0.189 e. The van der Waals surface area contributed by atoms with Crippen molar-refractivity contribution in [2.45, 2.75) is 20.8 Å². The molecule has 0 aliphatic rings. The Kier molecular flexibility index (Phi) is 2.64. The lowest BCUT2D eigenvalue weighted by molar-refractivity contribution is 0.0844. The van der Waals surface area contributed by atoms with Crippen LogP contribution in [0.4, 0.5) is 0 Å². The summed E-state index contributed by atoms with van der Waals surface area (Å²) in [7, 11) is 3.28. The Morgan fingerprint density at radius 1 is 1.50 bits per heavy atom. The van der Waals surface area contributed by atoms with Gasteiger partial charge in [-0.05, 0) is 0 Å². The van der Waals surface area contributed by atoms with Crippen molar-refractivity contribution < 1.29 is 9.53 Å². The monoisotopic (exact) mass is 196 g/mol. The quantitative estimate of drug-likeness (QED) is 0.676. The van der Waals surface area contributed by atoms with Gasteiger partial charge in [0.2, 0.25) is 0 Å². The summed E-state index contributed by atoms with van der Waals surface area (Å²) in [5.74, 6) is 0.571. The first kappa shape index (κ1) is 10.8. The van der Waals surface area contributed by atoms with Crippen LogP contribution >= 0.6 is 0 Å². The highest BCUT2D eigenvalue weighted by Crippen LogP contribution is 2.26. The minimum absolute atomic E-state index is 0.0364. The molecule has 1 heterocycles. The van der Waals surface area contributed by atoms with E-state index in [1.165, 1.54) is 7.11 Å². The second kappa shape index (κ2) is 3.44. The molecule has 14 heavy (non-hydrogen) atoms. The minimum Gasteiger partial charge on any atom is -0.493 e. The fourth-order valence-corrected chi connectivity index (χ4v) is 1.18. The smallest absolute Gasteiger partial charge is 0.189 e. The van der Waals surface area contributed by atoms with Gasteiger partial charge in [-0.2, -0.15) is 5.10 Å². The first-order chi connectivity index (χ1) is 6.38. The topological polar surface area (TPSA) is 44.1 Å². The average molecular weight is 196 g/mol. The number of rotatable bonds is 2. The number of carbonyl (C=O) groups is 1. The van der Waals surface area contributed by atoms with E-state index in [1.54, 1.807) is 17.9 Å². The number of hydrogen-bond acceptors (Lipinski definition) is 3. The summed E-state index contributed by atoms with van der Waals surface area (Å²) >= 11 is 0. The molecule has 4 heteroatoms. The Balaban J connectivity index is 3.18. The third kappa shape index (κ3) is 1.78. The molecule has 0 amide bonds. The maximum absolute atomic E-state index is 12.0. The molecule has 0 unspecified atom stereocenters. The number of Topliss-reactive ketones (excluding diaryl/α,β-unsaturated/α-hetero) is 1. The van der Waals surface area contributed by atoms with Crippen LogP contribution in [-0.2, 0) is 7.05 Å². The summed E-state index contributed by atoms with van der Waals surface area (Å²) in [5.41, 5.74) is 0.112. The van der Waals surface area contributed by atoms with Gasteiger partial charge < -0.3 is 4.74 Å². The van der Waals surface area contributed by atoms with E-state index in [1.807, 2.05) is 20.8 Å². The van der Waals surface area contributed by atoms with Gasteiger partial charge in [0.05, 0.1) is 13.3 Å². The van der Waals surface area contributed by atoms with Gasteiger partial charge in [0, 0.05) is 12.5 Å². The summed E-state index contributed by atoms with van der Waals surface area (Å²) in [6.45, 7) is 5.63. The third-order valence-corrected chi connectivity index (χ3v) is 2.02. The summed E-state index contributed by atoms with van der Waals surface area (Å²) in [5, 5.41) is 3.99. The Bertz CT molecular complexity index is 347. The van der Waals surface area contributed by atoms with E-state index < -0.39 is 5.41 Å². The second-order valence-electron chi connectivity index (χ2n) is 4.26. The maximum atomic E-state index is 12.0. The fourth-order valence-electron chi connectivity index (χ4n) is 1.18. The Hall–Kier alpha value is -1.32. The van der Waals surface area contributed by atoms with Crippen molar-refractivity contribution in [2.24, 2.45) is 12.5 Å². The first-order valence-corrected chi connectivity index (χ1v) is 4.48. The predicted octanol–water partition coefficient (Wildman–Crippen LogP) is 1.66. The SMILES string of the molecule is COc1cnn(C)c1C(=O)C(C)(C)C. The summed E-state index contributed by atoms with van der Waals surface area (Å²) < 4.78 is 6.63. The van der Waals surface area contributed by atoms with Crippen molar-refractivity contribution in [3.63, 3.8) is 0 Å². The molecule has 4 nitrogen and oxygen atoms in total. The lowest BCUT2D eigenvalue weighted by Crippen LogP contribution is -2.23. The average Bonchev–Trinajstić information content (AvgIpc) is 2.43. The van der Waals surface area contributed by atoms with Crippen molar-refractivity contribution in [2.75, 3.05) is 7.11 Å². The molecule has 0 saturated carbocycles. The molecule has 78 valence electrons. The number of hydrogen-bond donors (Lipinski definition) is 0. The fraction of sp³-hybridized carbons (Fsp3) is 0.600. The van der Waals surface area contributed by atoms with Crippen LogP contribution in [0.5, 0.6) is 5.75 Å². The Labute approximate surface area is 83.9 Å². The number of carbonyl (C=O) groups excluding carboxylic acids is 1. The Morgan fingerprint density at radius 3 is 2.50 bits per heavy atom. The molecule has 0 bridgehead atoms. The predicted molar refractivity (Wildman–Crippen MR) is 53.5 cm³/mol. The second-order valence-corrected chi connectivity index (χ2v) is 4.26. The minimum atomic E-state index is -0.416. The number of aromatic nitrogens is 2. The molecule has 1 aromatic rings. The van der Waals surface area contributed by atoms with Gasteiger partial charge in [-0.3, -0.25) is 9.48 Å². The number of ketones is 1. The van der Waals surface area contributed by atoms with Gasteiger partial charge in [-0.15, -0.1) is 0 Å². The molecule has 0 spiro atoms. The summed E-state index contributed by atoms with van der Waals surface area (Å²) in [6.07, 6.45) is 1.55. The van der Waals surface area contributed by atoms with E-state index in [0.717, 1.165) is 0 Å². The van der Waals surface area contributed by atoms with E-state index >= 15 is 0 Å². The highest BCUT2D eigenvalue weighted by atomic mass is 16.5. The van der Waals surface area contributed by atoms with E-state index in [-0.39, 0.29) is 5.78 Å². The van der Waals surface area contributed by atoms with Crippen LogP contribution in [0.1, 0.15) is 31.3 Å². The van der Waals surface area contributed by atoms with Crippen molar-refractivity contribution in [1.82, 2.24) is 9.78 Å². The van der Waals surface area contributed by atoms with Crippen LogP contribution in [0, 0.1) is 5.41 Å². The van der Waals surface area contributed by atoms with E-state index in [0.29, 0.717) is 11.4 Å². The lowest BCUT2D eigenvalue weighted by Gasteiger charge is -2.17. The van der Waals surface area contributed by atoms with Gasteiger partial charge in [0.1, 0.15) is 5.69 Å². The standard InChI is InChI=1S/C10H16N2O2/c1-10(2,3)9(13)8-7(14-5)6-11-12(8)4/h6H,1-5H3. The van der Waals surface area contributed by atoms with Crippen molar-refractivity contribution >= 4 is 5.78 Å². The molecule has 1 aromatic heterocycles. The van der Waals surface area contributed by atoms with Crippen LogP contribution in [0.25, 0.3) is 0 Å². The van der Waals surface area contributed by atoms with Crippen molar-refractivity contribution in [3.8, 4) is 5.75 Å². The molecule has 0 saturated heterocycles. The van der Waals surface area contributed by atoms with Gasteiger partial charge in [-0.1, -0.05) is 20.8 Å². The normalized spacial score (nSPS) is 11.5. The Morgan fingerprint density at radius 2 is 2.07 bits per heavy atom. The molecule has 0 aliphatic heterocycles. The van der Waals surface area contributed by atoms with Crippen LogP contribution in [0.2, 0.25) is 0 Å². The van der Waals surface area contributed by atoms with Gasteiger partial charge >= 0.3 is 0 Å². The highest BCUT2D eigenvalue weighted by molar-refractivity contribution is 6.00. The molecular weight excluding hydrogens is 180 g/mol.